The summed E-state index contributed by atoms with van der Waals surface area (Å²) in [6.07, 6.45) is 3.20. The summed E-state index contributed by atoms with van der Waals surface area (Å²) in [5, 5.41) is 0. The van der Waals surface area contributed by atoms with Gasteiger partial charge in [-0.25, -0.2) is 0 Å². The van der Waals surface area contributed by atoms with Crippen LogP contribution < -0.4 is 10.6 Å². The van der Waals surface area contributed by atoms with Crippen LogP contribution in [0.25, 0.3) is 0 Å². The van der Waals surface area contributed by atoms with Crippen molar-refractivity contribution in [2.45, 2.75) is 32.9 Å². The van der Waals surface area contributed by atoms with Gasteiger partial charge in [-0.1, -0.05) is 13.8 Å². The van der Waals surface area contributed by atoms with Crippen molar-refractivity contribution in [3.8, 4) is 0 Å². The first-order valence-corrected chi connectivity index (χ1v) is 6.92. The monoisotopic (exact) mass is 248 g/mol. The Labute approximate surface area is 110 Å². The Morgan fingerprint density at radius 2 is 2.17 bits per heavy atom. The van der Waals surface area contributed by atoms with Gasteiger partial charge in [0.05, 0.1) is 17.6 Å². The van der Waals surface area contributed by atoms with E-state index in [-0.39, 0.29) is 0 Å². The summed E-state index contributed by atoms with van der Waals surface area (Å²) in [4.78, 5) is 9.34. The maximum Gasteiger partial charge on any atom is 0.0553 e. The van der Waals surface area contributed by atoms with Crippen LogP contribution in [0.2, 0.25) is 0 Å². The Balaban J connectivity index is 1.99. The lowest BCUT2D eigenvalue weighted by Crippen LogP contribution is -2.37. The van der Waals surface area contributed by atoms with E-state index in [1.54, 1.807) is 0 Å². The summed E-state index contributed by atoms with van der Waals surface area (Å²) < 4.78 is 0. The topological polar surface area (TPSA) is 45.4 Å². The zero-order valence-corrected chi connectivity index (χ0v) is 11.5. The second-order valence-electron chi connectivity index (χ2n) is 4.82. The van der Waals surface area contributed by atoms with Crippen LogP contribution >= 0.6 is 0 Å². The van der Waals surface area contributed by atoms with E-state index in [2.05, 4.69) is 34.7 Å². The highest BCUT2D eigenvalue weighted by Crippen LogP contribution is 2.22. The number of anilines is 1. The van der Waals surface area contributed by atoms with E-state index < -0.39 is 0 Å². The minimum absolute atomic E-state index is 0.516. The van der Waals surface area contributed by atoms with Gasteiger partial charge in [-0.2, -0.15) is 0 Å². The van der Waals surface area contributed by atoms with Gasteiger partial charge < -0.3 is 10.6 Å². The lowest BCUT2D eigenvalue weighted by atomic mass is 10.2. The van der Waals surface area contributed by atoms with Crippen molar-refractivity contribution in [2.24, 2.45) is 5.73 Å². The third-order valence-electron chi connectivity index (χ3n) is 3.88. The highest BCUT2D eigenvalue weighted by Gasteiger charge is 2.26. The predicted octanol–water partition coefficient (Wildman–Crippen LogP) is 1.46. The molecule has 1 fully saturated rings. The number of hydrogen-bond acceptors (Lipinski definition) is 4. The minimum Gasteiger partial charge on any atom is -0.369 e. The Morgan fingerprint density at radius 1 is 1.39 bits per heavy atom. The lowest BCUT2D eigenvalue weighted by Gasteiger charge is -2.26. The van der Waals surface area contributed by atoms with Gasteiger partial charge in [-0.05, 0) is 31.6 Å². The fraction of sp³-hybridized carbons (Fsp3) is 0.643. The average Bonchev–Trinajstić information content (AvgIpc) is 2.90. The molecule has 2 N–H and O–H groups in total. The van der Waals surface area contributed by atoms with Crippen LogP contribution in [0.4, 0.5) is 5.69 Å². The van der Waals surface area contributed by atoms with Gasteiger partial charge in [0.1, 0.15) is 0 Å². The number of likely N-dealkylation sites (N-methyl/N-ethyl adjacent to an activating group) is 1. The SMILES string of the molecule is CCN(CC)C1CCN(c2ccc(CN)nc2)C1. The van der Waals surface area contributed by atoms with Crippen molar-refractivity contribution in [1.29, 1.82) is 0 Å². The Hall–Kier alpha value is -1.13. The molecule has 1 aliphatic heterocycles. The molecule has 2 rings (SSSR count). The highest BCUT2D eigenvalue weighted by molar-refractivity contribution is 5.46. The summed E-state index contributed by atoms with van der Waals surface area (Å²) in [5.74, 6) is 0. The number of rotatable bonds is 5. The molecule has 4 heteroatoms. The number of pyridine rings is 1. The molecule has 4 nitrogen and oxygen atoms in total. The number of nitrogens with zero attached hydrogens (tertiary/aromatic N) is 3. The zero-order valence-electron chi connectivity index (χ0n) is 11.5. The first kappa shape index (κ1) is 13.3. The van der Waals surface area contributed by atoms with Crippen molar-refractivity contribution in [3.05, 3.63) is 24.0 Å². The molecular formula is C14H24N4. The van der Waals surface area contributed by atoms with E-state index in [0.29, 0.717) is 12.6 Å². The average molecular weight is 248 g/mol. The molecule has 0 bridgehead atoms. The molecule has 100 valence electrons. The maximum absolute atomic E-state index is 5.57. The summed E-state index contributed by atoms with van der Waals surface area (Å²) in [5.41, 5.74) is 7.75. The summed E-state index contributed by atoms with van der Waals surface area (Å²) >= 11 is 0. The quantitative estimate of drug-likeness (QED) is 0.857. The van der Waals surface area contributed by atoms with Crippen LogP contribution in [0, 0.1) is 0 Å². The van der Waals surface area contributed by atoms with Crippen molar-refractivity contribution in [1.82, 2.24) is 9.88 Å². The van der Waals surface area contributed by atoms with E-state index in [1.165, 1.54) is 12.1 Å². The normalized spacial score (nSPS) is 19.8. The van der Waals surface area contributed by atoms with Gasteiger partial charge in [0.2, 0.25) is 0 Å². The second-order valence-corrected chi connectivity index (χ2v) is 4.82. The molecule has 0 saturated carbocycles. The molecule has 0 amide bonds. The summed E-state index contributed by atoms with van der Waals surface area (Å²) in [6.45, 7) is 9.52. The van der Waals surface area contributed by atoms with Gasteiger partial charge in [-0.3, -0.25) is 9.88 Å². The highest BCUT2D eigenvalue weighted by atomic mass is 15.3. The van der Waals surface area contributed by atoms with Crippen molar-refractivity contribution < 1.29 is 0 Å². The molecule has 0 radical (unpaired) electrons. The van der Waals surface area contributed by atoms with Gasteiger partial charge in [-0.15, -0.1) is 0 Å². The van der Waals surface area contributed by atoms with Gasteiger partial charge in [0.15, 0.2) is 0 Å². The molecule has 0 spiro atoms. The first-order valence-electron chi connectivity index (χ1n) is 6.92. The Bertz CT molecular complexity index is 359. The fourth-order valence-corrected chi connectivity index (χ4v) is 2.74. The van der Waals surface area contributed by atoms with E-state index in [4.69, 9.17) is 5.73 Å². The van der Waals surface area contributed by atoms with E-state index in [0.717, 1.165) is 31.9 Å². The Morgan fingerprint density at radius 3 is 2.72 bits per heavy atom. The Kier molecular flexibility index (Phi) is 4.55. The van der Waals surface area contributed by atoms with Crippen LogP contribution in [0.3, 0.4) is 0 Å². The summed E-state index contributed by atoms with van der Waals surface area (Å²) in [6, 6.07) is 4.86. The van der Waals surface area contributed by atoms with E-state index >= 15 is 0 Å². The smallest absolute Gasteiger partial charge is 0.0553 e. The molecule has 0 aromatic carbocycles. The standard InChI is InChI=1S/C14H24N4/c1-3-17(4-2)14-7-8-18(11-14)13-6-5-12(9-15)16-10-13/h5-6,10,14H,3-4,7-9,11,15H2,1-2H3. The third-order valence-corrected chi connectivity index (χ3v) is 3.88. The zero-order chi connectivity index (χ0) is 13.0. The van der Waals surface area contributed by atoms with Crippen molar-refractivity contribution in [2.75, 3.05) is 31.1 Å². The van der Waals surface area contributed by atoms with Crippen molar-refractivity contribution in [3.63, 3.8) is 0 Å². The minimum atomic E-state index is 0.516. The molecule has 1 aromatic rings. The maximum atomic E-state index is 5.57. The lowest BCUT2D eigenvalue weighted by molar-refractivity contribution is 0.232. The van der Waals surface area contributed by atoms with E-state index in [9.17, 15) is 0 Å². The van der Waals surface area contributed by atoms with Crippen LogP contribution in [-0.2, 0) is 6.54 Å². The van der Waals surface area contributed by atoms with E-state index in [1.807, 2.05) is 12.3 Å². The molecule has 18 heavy (non-hydrogen) atoms. The predicted molar refractivity (Wildman–Crippen MR) is 75.7 cm³/mol. The first-order chi connectivity index (χ1) is 8.78. The molecule has 2 heterocycles. The van der Waals surface area contributed by atoms with Crippen molar-refractivity contribution >= 4 is 5.69 Å². The third kappa shape index (κ3) is 2.82. The second kappa shape index (κ2) is 6.16. The van der Waals surface area contributed by atoms with Gasteiger partial charge in [0.25, 0.3) is 0 Å². The largest absolute Gasteiger partial charge is 0.369 e. The van der Waals surface area contributed by atoms with Gasteiger partial charge >= 0.3 is 0 Å². The molecular weight excluding hydrogens is 224 g/mol. The number of hydrogen-bond donors (Lipinski definition) is 1. The molecule has 1 saturated heterocycles. The van der Waals surface area contributed by atoms with Crippen LogP contribution in [-0.4, -0.2) is 42.1 Å². The molecule has 0 aliphatic carbocycles. The molecule has 1 atom stereocenters. The van der Waals surface area contributed by atoms with Gasteiger partial charge in [0, 0.05) is 25.7 Å². The summed E-state index contributed by atoms with van der Waals surface area (Å²) in [7, 11) is 0. The van der Waals surface area contributed by atoms with Crippen LogP contribution in [0.1, 0.15) is 26.0 Å². The molecule has 1 aromatic heterocycles. The molecule has 1 aliphatic rings. The van der Waals surface area contributed by atoms with Crippen LogP contribution in [0.15, 0.2) is 18.3 Å². The van der Waals surface area contributed by atoms with Crippen LogP contribution in [0.5, 0.6) is 0 Å². The number of nitrogens with two attached hydrogens (primary N) is 1. The fourth-order valence-electron chi connectivity index (χ4n) is 2.74. The number of aromatic nitrogens is 1. The molecule has 1 unspecified atom stereocenters.